The molecule has 0 aliphatic carbocycles. The number of nitrogens with zero attached hydrogens (tertiary/aromatic N) is 2. The zero-order chi connectivity index (χ0) is 13.5. The maximum absolute atomic E-state index is 12.7. The number of rotatable bonds is 1. The normalized spacial score (nSPS) is 11.9. The highest BCUT2D eigenvalue weighted by Crippen LogP contribution is 2.31. The van der Waals surface area contributed by atoms with Crippen LogP contribution in [0.15, 0.2) is 54.9 Å². The monoisotopic (exact) mass is 262 g/mol. The molecule has 0 atom stereocenters. The number of pyridine rings is 1. The molecule has 2 nitrogen and oxygen atoms in total. The van der Waals surface area contributed by atoms with Crippen molar-refractivity contribution in [3.05, 3.63) is 60.4 Å². The molecular weight excluding hydrogens is 253 g/mol. The molecule has 96 valence electrons. The van der Waals surface area contributed by atoms with Crippen molar-refractivity contribution in [2.24, 2.45) is 0 Å². The van der Waals surface area contributed by atoms with E-state index in [2.05, 4.69) is 4.98 Å². The number of hydrogen-bond donors (Lipinski definition) is 0. The van der Waals surface area contributed by atoms with Crippen LogP contribution in [0.2, 0.25) is 0 Å². The maximum Gasteiger partial charge on any atom is 0.416 e. The highest BCUT2D eigenvalue weighted by molar-refractivity contribution is 5.63. The molecule has 2 aromatic heterocycles. The first-order chi connectivity index (χ1) is 9.04. The summed E-state index contributed by atoms with van der Waals surface area (Å²) in [6.45, 7) is 0. The average molecular weight is 262 g/mol. The predicted octanol–water partition coefficient (Wildman–Crippen LogP) is 4.02. The second-order valence-corrected chi connectivity index (χ2v) is 4.17. The van der Waals surface area contributed by atoms with Crippen LogP contribution in [0.1, 0.15) is 5.56 Å². The van der Waals surface area contributed by atoms with Crippen LogP contribution in [-0.4, -0.2) is 9.38 Å². The van der Waals surface area contributed by atoms with Crippen molar-refractivity contribution in [1.82, 2.24) is 9.38 Å². The SMILES string of the molecule is FC(F)(F)c1cccc(-c2cn3ccccc3n2)c1. The first-order valence-corrected chi connectivity index (χ1v) is 5.65. The fourth-order valence-corrected chi connectivity index (χ4v) is 1.93. The molecule has 3 rings (SSSR count). The summed E-state index contributed by atoms with van der Waals surface area (Å²) in [5, 5.41) is 0. The smallest absolute Gasteiger partial charge is 0.306 e. The third-order valence-electron chi connectivity index (χ3n) is 2.85. The zero-order valence-electron chi connectivity index (χ0n) is 9.72. The fourth-order valence-electron chi connectivity index (χ4n) is 1.93. The molecule has 2 heterocycles. The first-order valence-electron chi connectivity index (χ1n) is 5.65. The number of imidazole rings is 1. The van der Waals surface area contributed by atoms with Crippen molar-refractivity contribution in [3.63, 3.8) is 0 Å². The Kier molecular flexibility index (Phi) is 2.55. The summed E-state index contributed by atoms with van der Waals surface area (Å²) in [6.07, 6.45) is -0.820. The number of alkyl halides is 3. The van der Waals surface area contributed by atoms with Gasteiger partial charge >= 0.3 is 6.18 Å². The van der Waals surface area contributed by atoms with E-state index in [4.69, 9.17) is 0 Å². The van der Waals surface area contributed by atoms with Gasteiger partial charge in [0.2, 0.25) is 0 Å². The van der Waals surface area contributed by atoms with Crippen LogP contribution in [0.5, 0.6) is 0 Å². The predicted molar refractivity (Wildman–Crippen MR) is 65.6 cm³/mol. The van der Waals surface area contributed by atoms with Gasteiger partial charge in [-0.15, -0.1) is 0 Å². The number of aromatic nitrogens is 2. The zero-order valence-corrected chi connectivity index (χ0v) is 9.72. The Balaban J connectivity index is 2.11. The van der Waals surface area contributed by atoms with E-state index in [0.29, 0.717) is 16.9 Å². The third kappa shape index (κ3) is 2.19. The topological polar surface area (TPSA) is 17.3 Å². The van der Waals surface area contributed by atoms with Crippen molar-refractivity contribution >= 4 is 5.65 Å². The number of fused-ring (bicyclic) bond motifs is 1. The van der Waals surface area contributed by atoms with Crippen LogP contribution < -0.4 is 0 Å². The second-order valence-electron chi connectivity index (χ2n) is 4.17. The maximum atomic E-state index is 12.7. The Bertz CT molecular complexity index is 696. The summed E-state index contributed by atoms with van der Waals surface area (Å²) < 4.78 is 39.8. The molecule has 1 aromatic carbocycles. The molecule has 0 N–H and O–H groups in total. The van der Waals surface area contributed by atoms with E-state index in [9.17, 15) is 13.2 Å². The summed E-state index contributed by atoms with van der Waals surface area (Å²) in [5.74, 6) is 0. The van der Waals surface area contributed by atoms with E-state index in [-0.39, 0.29) is 0 Å². The Labute approximate surface area is 107 Å². The van der Waals surface area contributed by atoms with Gasteiger partial charge < -0.3 is 4.40 Å². The lowest BCUT2D eigenvalue weighted by Gasteiger charge is -2.07. The van der Waals surface area contributed by atoms with Crippen LogP contribution in [0.3, 0.4) is 0 Å². The molecule has 3 aromatic rings. The van der Waals surface area contributed by atoms with Crippen molar-refractivity contribution < 1.29 is 13.2 Å². The molecule has 0 fully saturated rings. The van der Waals surface area contributed by atoms with Gasteiger partial charge in [-0.1, -0.05) is 18.2 Å². The highest BCUT2D eigenvalue weighted by atomic mass is 19.4. The summed E-state index contributed by atoms with van der Waals surface area (Å²) in [4.78, 5) is 4.30. The van der Waals surface area contributed by atoms with E-state index in [1.54, 1.807) is 28.9 Å². The van der Waals surface area contributed by atoms with Gasteiger partial charge in [0, 0.05) is 18.0 Å². The van der Waals surface area contributed by atoms with E-state index < -0.39 is 11.7 Å². The minimum atomic E-state index is -4.34. The second kappa shape index (κ2) is 4.12. The quantitative estimate of drug-likeness (QED) is 0.647. The number of hydrogen-bond acceptors (Lipinski definition) is 1. The lowest BCUT2D eigenvalue weighted by atomic mass is 10.1. The van der Waals surface area contributed by atoms with E-state index in [0.717, 1.165) is 12.1 Å². The lowest BCUT2D eigenvalue weighted by Crippen LogP contribution is -2.04. The molecule has 0 bridgehead atoms. The molecule has 0 spiro atoms. The van der Waals surface area contributed by atoms with Gasteiger partial charge in [0.1, 0.15) is 5.65 Å². The van der Waals surface area contributed by atoms with Crippen molar-refractivity contribution in [2.45, 2.75) is 6.18 Å². The van der Waals surface area contributed by atoms with Gasteiger partial charge in [0.15, 0.2) is 0 Å². The van der Waals surface area contributed by atoms with Gasteiger partial charge in [-0.25, -0.2) is 4.98 Å². The molecule has 5 heteroatoms. The first kappa shape index (κ1) is 11.8. The number of benzene rings is 1. The van der Waals surface area contributed by atoms with Gasteiger partial charge in [-0.3, -0.25) is 0 Å². The van der Waals surface area contributed by atoms with Crippen LogP contribution in [0.4, 0.5) is 13.2 Å². The summed E-state index contributed by atoms with van der Waals surface area (Å²) in [7, 11) is 0. The molecule has 0 aliphatic rings. The van der Waals surface area contributed by atoms with Gasteiger partial charge in [-0.05, 0) is 24.3 Å². The Morgan fingerprint density at radius 3 is 2.58 bits per heavy atom. The van der Waals surface area contributed by atoms with Crippen molar-refractivity contribution in [2.75, 3.05) is 0 Å². The van der Waals surface area contributed by atoms with Crippen LogP contribution in [0, 0.1) is 0 Å². The minimum absolute atomic E-state index is 0.457. The molecule has 19 heavy (non-hydrogen) atoms. The Hall–Kier alpha value is -2.30. The van der Waals surface area contributed by atoms with Crippen LogP contribution in [-0.2, 0) is 6.18 Å². The van der Waals surface area contributed by atoms with E-state index >= 15 is 0 Å². The molecule has 0 unspecified atom stereocenters. The Morgan fingerprint density at radius 1 is 1.00 bits per heavy atom. The molecule has 0 amide bonds. The van der Waals surface area contributed by atoms with E-state index in [1.165, 1.54) is 6.07 Å². The van der Waals surface area contributed by atoms with Gasteiger partial charge in [0.25, 0.3) is 0 Å². The average Bonchev–Trinajstić information content (AvgIpc) is 2.81. The van der Waals surface area contributed by atoms with Crippen molar-refractivity contribution in [3.8, 4) is 11.3 Å². The summed E-state index contributed by atoms with van der Waals surface area (Å²) in [5.41, 5.74) is 1.02. The number of halogens is 3. The van der Waals surface area contributed by atoms with Gasteiger partial charge in [-0.2, -0.15) is 13.2 Å². The molecule has 0 saturated heterocycles. The van der Waals surface area contributed by atoms with Crippen molar-refractivity contribution in [1.29, 1.82) is 0 Å². The summed E-state index contributed by atoms with van der Waals surface area (Å²) in [6, 6.07) is 10.7. The third-order valence-corrected chi connectivity index (χ3v) is 2.85. The fraction of sp³-hybridized carbons (Fsp3) is 0.0714. The summed E-state index contributed by atoms with van der Waals surface area (Å²) >= 11 is 0. The molecule has 0 saturated carbocycles. The Morgan fingerprint density at radius 2 is 1.84 bits per heavy atom. The minimum Gasteiger partial charge on any atom is -0.306 e. The largest absolute Gasteiger partial charge is 0.416 e. The molecule has 0 radical (unpaired) electrons. The molecular formula is C14H9F3N2. The van der Waals surface area contributed by atoms with Gasteiger partial charge in [0.05, 0.1) is 11.3 Å². The molecule has 0 aliphatic heterocycles. The standard InChI is InChI=1S/C14H9F3N2/c15-14(16,17)11-5-3-4-10(8-11)12-9-19-7-2-1-6-13(19)18-12/h1-9H. The van der Waals surface area contributed by atoms with E-state index in [1.807, 2.05) is 12.1 Å². The van der Waals surface area contributed by atoms with Crippen LogP contribution >= 0.6 is 0 Å². The van der Waals surface area contributed by atoms with Crippen LogP contribution in [0.25, 0.3) is 16.9 Å². The highest BCUT2D eigenvalue weighted by Gasteiger charge is 2.30. The lowest BCUT2D eigenvalue weighted by molar-refractivity contribution is -0.137.